The molecule has 0 saturated carbocycles. The van der Waals surface area contributed by atoms with Gasteiger partial charge in [0.1, 0.15) is 11.5 Å². The fourth-order valence-electron chi connectivity index (χ4n) is 2.93. The summed E-state index contributed by atoms with van der Waals surface area (Å²) in [5, 5.41) is 23.4. The van der Waals surface area contributed by atoms with Crippen molar-refractivity contribution in [3.8, 4) is 11.5 Å². The van der Waals surface area contributed by atoms with Gasteiger partial charge in [0.25, 0.3) is 5.91 Å². The highest BCUT2D eigenvalue weighted by molar-refractivity contribution is 6.05. The number of phenols is 2. The van der Waals surface area contributed by atoms with E-state index < -0.39 is 5.41 Å². The molecule has 144 valence electrons. The van der Waals surface area contributed by atoms with Gasteiger partial charge in [0.2, 0.25) is 0 Å². The van der Waals surface area contributed by atoms with Crippen molar-refractivity contribution < 1.29 is 24.5 Å². The number of amides is 1. The van der Waals surface area contributed by atoms with E-state index in [1.807, 2.05) is 13.8 Å². The molecule has 6 heteroatoms. The van der Waals surface area contributed by atoms with Crippen molar-refractivity contribution in [2.24, 2.45) is 0 Å². The molecule has 0 aromatic heterocycles. The minimum absolute atomic E-state index is 0.0628. The fraction of sp³-hybridized carbons (Fsp3) is 0.333. The van der Waals surface area contributed by atoms with Gasteiger partial charge in [0.05, 0.1) is 12.8 Å². The number of carbonyl (C=O) groups is 2. The van der Waals surface area contributed by atoms with Crippen LogP contribution in [0.25, 0.3) is 0 Å². The van der Waals surface area contributed by atoms with E-state index >= 15 is 0 Å². The summed E-state index contributed by atoms with van der Waals surface area (Å²) in [5.41, 5.74) is 0.554. The van der Waals surface area contributed by atoms with Gasteiger partial charge in [-0.25, -0.2) is 0 Å². The van der Waals surface area contributed by atoms with Crippen LogP contribution in [0.15, 0.2) is 42.5 Å². The smallest absolute Gasteiger partial charge is 0.305 e. The lowest BCUT2D eigenvalue weighted by Crippen LogP contribution is -2.19. The number of benzene rings is 2. The van der Waals surface area contributed by atoms with Gasteiger partial charge < -0.3 is 20.3 Å². The molecule has 0 radical (unpaired) electrons. The lowest BCUT2D eigenvalue weighted by atomic mass is 9.79. The van der Waals surface area contributed by atoms with Crippen LogP contribution in [0.4, 0.5) is 5.69 Å². The van der Waals surface area contributed by atoms with Crippen molar-refractivity contribution in [1.82, 2.24) is 0 Å². The summed E-state index contributed by atoms with van der Waals surface area (Å²) in [5.74, 6) is -0.833. The van der Waals surface area contributed by atoms with E-state index in [9.17, 15) is 19.8 Å². The second-order valence-electron chi connectivity index (χ2n) is 7.02. The molecule has 27 heavy (non-hydrogen) atoms. The third-order valence-electron chi connectivity index (χ3n) is 4.52. The van der Waals surface area contributed by atoms with Crippen LogP contribution in [0, 0.1) is 0 Å². The monoisotopic (exact) mass is 371 g/mol. The Bertz CT molecular complexity index is 815. The molecule has 0 unspecified atom stereocenters. The summed E-state index contributed by atoms with van der Waals surface area (Å²) >= 11 is 0. The number of phenolic OH excluding ortho intramolecular Hbond substituents is 2. The number of nitrogens with one attached hydrogen (secondary N) is 1. The zero-order valence-corrected chi connectivity index (χ0v) is 15.8. The predicted octanol–water partition coefficient (Wildman–Crippen LogP) is 3.97. The summed E-state index contributed by atoms with van der Waals surface area (Å²) in [6.45, 7) is 3.81. The number of aromatic hydroxyl groups is 2. The van der Waals surface area contributed by atoms with Crippen molar-refractivity contribution in [2.75, 3.05) is 12.4 Å². The quantitative estimate of drug-likeness (QED) is 0.389. The summed E-state index contributed by atoms with van der Waals surface area (Å²) < 4.78 is 4.64. The first-order chi connectivity index (χ1) is 12.7. The lowest BCUT2D eigenvalue weighted by molar-refractivity contribution is -0.140. The Balaban J connectivity index is 2.23. The molecule has 1 amide bonds. The number of hydrogen-bond acceptors (Lipinski definition) is 5. The first kappa shape index (κ1) is 20.3. The first-order valence-electron chi connectivity index (χ1n) is 8.74. The Labute approximate surface area is 158 Å². The van der Waals surface area contributed by atoms with E-state index in [-0.39, 0.29) is 35.5 Å². The molecule has 0 aliphatic heterocycles. The van der Waals surface area contributed by atoms with Gasteiger partial charge in [-0.2, -0.15) is 0 Å². The number of anilines is 1. The Morgan fingerprint density at radius 1 is 1.11 bits per heavy atom. The van der Waals surface area contributed by atoms with E-state index in [0.29, 0.717) is 24.0 Å². The van der Waals surface area contributed by atoms with Crippen LogP contribution >= 0.6 is 0 Å². The lowest BCUT2D eigenvalue weighted by Gasteiger charge is -2.27. The SMILES string of the molecule is COC(=O)CCCC(C)(C)c1cc(O)cc(NC(=O)c2ccccc2)c1O. The van der Waals surface area contributed by atoms with E-state index in [2.05, 4.69) is 10.1 Å². The molecule has 2 aromatic rings. The number of hydrogen-bond donors (Lipinski definition) is 3. The van der Waals surface area contributed by atoms with Gasteiger partial charge in [0.15, 0.2) is 0 Å². The number of esters is 1. The molecule has 3 N–H and O–H groups in total. The Morgan fingerprint density at radius 2 is 1.78 bits per heavy atom. The number of rotatable bonds is 7. The van der Waals surface area contributed by atoms with Crippen molar-refractivity contribution in [3.05, 3.63) is 53.6 Å². The highest BCUT2D eigenvalue weighted by Gasteiger charge is 2.27. The van der Waals surface area contributed by atoms with E-state index in [1.165, 1.54) is 19.2 Å². The molecule has 0 fully saturated rings. The van der Waals surface area contributed by atoms with E-state index in [4.69, 9.17) is 0 Å². The second-order valence-corrected chi connectivity index (χ2v) is 7.02. The third-order valence-corrected chi connectivity index (χ3v) is 4.52. The van der Waals surface area contributed by atoms with Crippen molar-refractivity contribution in [2.45, 2.75) is 38.5 Å². The van der Waals surface area contributed by atoms with Gasteiger partial charge >= 0.3 is 5.97 Å². The van der Waals surface area contributed by atoms with Crippen LogP contribution < -0.4 is 5.32 Å². The van der Waals surface area contributed by atoms with Crippen LogP contribution in [0.1, 0.15) is 49.0 Å². The maximum atomic E-state index is 12.4. The molecular formula is C21H25NO5. The second kappa shape index (κ2) is 8.58. The van der Waals surface area contributed by atoms with Gasteiger partial charge in [-0.05, 0) is 36.5 Å². The van der Waals surface area contributed by atoms with Crippen LogP contribution in [-0.4, -0.2) is 29.2 Å². The molecule has 0 bridgehead atoms. The molecule has 2 rings (SSSR count). The van der Waals surface area contributed by atoms with Gasteiger partial charge in [-0.3, -0.25) is 9.59 Å². The van der Waals surface area contributed by atoms with Gasteiger partial charge in [0, 0.05) is 23.6 Å². The highest BCUT2D eigenvalue weighted by atomic mass is 16.5. The summed E-state index contributed by atoms with van der Waals surface area (Å²) in [6.07, 6.45) is 1.43. The predicted molar refractivity (Wildman–Crippen MR) is 103 cm³/mol. The maximum Gasteiger partial charge on any atom is 0.305 e. The van der Waals surface area contributed by atoms with Crippen LogP contribution in [-0.2, 0) is 14.9 Å². The molecule has 0 heterocycles. The standard InChI is InChI=1S/C21H25NO5/c1-21(2,11-7-10-18(24)27-3)16-12-15(23)13-17(19(16)25)22-20(26)14-8-5-4-6-9-14/h4-6,8-9,12-13,23,25H,7,10-11H2,1-3H3,(H,22,26). The van der Waals surface area contributed by atoms with Gasteiger partial charge in [-0.15, -0.1) is 0 Å². The minimum Gasteiger partial charge on any atom is -0.508 e. The number of ether oxygens (including phenoxy) is 1. The molecule has 0 aliphatic rings. The molecule has 2 aromatic carbocycles. The minimum atomic E-state index is -0.525. The third kappa shape index (κ3) is 5.23. The van der Waals surface area contributed by atoms with Crippen molar-refractivity contribution in [3.63, 3.8) is 0 Å². The van der Waals surface area contributed by atoms with Crippen molar-refractivity contribution in [1.29, 1.82) is 0 Å². The topological polar surface area (TPSA) is 95.9 Å². The van der Waals surface area contributed by atoms with E-state index in [0.717, 1.165) is 0 Å². The van der Waals surface area contributed by atoms with E-state index in [1.54, 1.807) is 30.3 Å². The fourth-order valence-corrected chi connectivity index (χ4v) is 2.93. The summed E-state index contributed by atoms with van der Waals surface area (Å²) in [4.78, 5) is 23.7. The zero-order valence-electron chi connectivity index (χ0n) is 15.8. The van der Waals surface area contributed by atoms with Crippen LogP contribution in [0.5, 0.6) is 11.5 Å². The number of carbonyl (C=O) groups excluding carboxylic acids is 2. The normalized spacial score (nSPS) is 11.1. The first-order valence-corrected chi connectivity index (χ1v) is 8.74. The Kier molecular flexibility index (Phi) is 6.45. The average Bonchev–Trinajstić information content (AvgIpc) is 2.64. The van der Waals surface area contributed by atoms with Crippen LogP contribution in [0.3, 0.4) is 0 Å². The van der Waals surface area contributed by atoms with Crippen molar-refractivity contribution >= 4 is 17.6 Å². The highest BCUT2D eigenvalue weighted by Crippen LogP contribution is 2.42. The number of methoxy groups -OCH3 is 1. The average molecular weight is 371 g/mol. The summed E-state index contributed by atoms with van der Waals surface area (Å²) in [7, 11) is 1.34. The maximum absolute atomic E-state index is 12.4. The molecule has 0 spiro atoms. The molecule has 0 aliphatic carbocycles. The Morgan fingerprint density at radius 3 is 2.41 bits per heavy atom. The molecule has 0 atom stereocenters. The zero-order chi connectivity index (χ0) is 20.0. The molecular weight excluding hydrogens is 346 g/mol. The molecule has 6 nitrogen and oxygen atoms in total. The molecule has 0 saturated heterocycles. The Hall–Kier alpha value is -3.02. The largest absolute Gasteiger partial charge is 0.508 e. The summed E-state index contributed by atoms with van der Waals surface area (Å²) in [6, 6.07) is 11.4. The van der Waals surface area contributed by atoms with Crippen LogP contribution in [0.2, 0.25) is 0 Å². The van der Waals surface area contributed by atoms with Gasteiger partial charge in [-0.1, -0.05) is 32.0 Å².